The van der Waals surface area contributed by atoms with Crippen LogP contribution in [0.15, 0.2) is 0 Å². The van der Waals surface area contributed by atoms with Crippen molar-refractivity contribution >= 4 is 28.2 Å². The number of sulfonamides is 1. The van der Waals surface area contributed by atoms with Crippen LogP contribution in [0.25, 0.3) is 0 Å². The van der Waals surface area contributed by atoms with E-state index < -0.39 is 34.0 Å². The molecule has 2 atom stereocenters. The highest BCUT2D eigenvalue weighted by Crippen LogP contribution is 2.24. The fourth-order valence-corrected chi connectivity index (χ4v) is 3.42. The van der Waals surface area contributed by atoms with E-state index in [2.05, 4.69) is 10.6 Å². The molecule has 1 aliphatic rings. The predicted molar refractivity (Wildman–Crippen MR) is 95.6 cm³/mol. The van der Waals surface area contributed by atoms with Crippen LogP contribution in [0.3, 0.4) is 0 Å². The molecule has 1 fully saturated rings. The van der Waals surface area contributed by atoms with E-state index in [1.54, 1.807) is 6.92 Å². The predicted octanol–water partition coefficient (Wildman–Crippen LogP) is -0.331. The Morgan fingerprint density at radius 1 is 1.23 bits per heavy atom. The molecule has 0 radical (unpaired) electrons. The topological polar surface area (TPSA) is 131 Å². The molecule has 0 heterocycles. The number of rotatable bonds is 11. The van der Waals surface area contributed by atoms with Gasteiger partial charge in [0.2, 0.25) is 28.2 Å². The summed E-state index contributed by atoms with van der Waals surface area (Å²) in [5, 5.41) is 4.94. The monoisotopic (exact) mass is 391 g/mol. The number of hydrogen-bond donors (Lipinski definition) is 3. The van der Waals surface area contributed by atoms with Crippen LogP contribution in [0.5, 0.6) is 0 Å². The fourth-order valence-electron chi connectivity index (χ4n) is 2.90. The molecule has 150 valence electrons. The fraction of sp³-hybridized carbons (Fsp3) is 0.812. The molecule has 2 unspecified atom stereocenters. The summed E-state index contributed by atoms with van der Waals surface area (Å²) in [5.74, 6) is -0.722. The van der Waals surface area contributed by atoms with Gasteiger partial charge in [-0.25, -0.2) is 8.42 Å². The molecule has 1 aliphatic carbocycles. The van der Waals surface area contributed by atoms with Crippen LogP contribution in [-0.2, 0) is 29.1 Å². The van der Waals surface area contributed by atoms with Crippen molar-refractivity contribution < 1.29 is 27.5 Å². The SMILES string of the molecule is CC(OCC1CCCCC1)C(NC=O)C(=O)NCCC(=O)NS(C)(=O)=O. The van der Waals surface area contributed by atoms with E-state index in [4.69, 9.17) is 4.74 Å². The minimum atomic E-state index is -3.62. The number of amides is 3. The Bertz CT molecular complexity index is 575. The van der Waals surface area contributed by atoms with Gasteiger partial charge in [0.1, 0.15) is 6.04 Å². The Labute approximate surface area is 154 Å². The molecule has 0 saturated heterocycles. The zero-order valence-corrected chi connectivity index (χ0v) is 16.1. The maximum Gasteiger partial charge on any atom is 0.245 e. The van der Waals surface area contributed by atoms with Crippen LogP contribution in [0.1, 0.15) is 45.4 Å². The number of ether oxygens (including phenoxy) is 1. The van der Waals surface area contributed by atoms with Gasteiger partial charge >= 0.3 is 0 Å². The molecule has 3 amide bonds. The summed E-state index contributed by atoms with van der Waals surface area (Å²) >= 11 is 0. The van der Waals surface area contributed by atoms with Crippen LogP contribution in [0.2, 0.25) is 0 Å². The number of carbonyl (C=O) groups excluding carboxylic acids is 3. The summed E-state index contributed by atoms with van der Waals surface area (Å²) in [5.41, 5.74) is 0. The van der Waals surface area contributed by atoms with E-state index in [0.29, 0.717) is 18.9 Å². The number of hydrogen-bond acceptors (Lipinski definition) is 6. The van der Waals surface area contributed by atoms with Crippen LogP contribution in [0.4, 0.5) is 0 Å². The van der Waals surface area contributed by atoms with Gasteiger partial charge in [-0.1, -0.05) is 19.3 Å². The lowest BCUT2D eigenvalue weighted by atomic mass is 9.90. The van der Waals surface area contributed by atoms with E-state index in [0.717, 1.165) is 19.1 Å². The number of carbonyl (C=O) groups is 3. The van der Waals surface area contributed by atoms with Gasteiger partial charge in [0.15, 0.2) is 0 Å². The average molecular weight is 391 g/mol. The van der Waals surface area contributed by atoms with Crippen LogP contribution < -0.4 is 15.4 Å². The van der Waals surface area contributed by atoms with Crippen molar-refractivity contribution in [3.05, 3.63) is 0 Å². The van der Waals surface area contributed by atoms with Crippen LogP contribution in [0, 0.1) is 5.92 Å². The van der Waals surface area contributed by atoms with E-state index in [1.807, 2.05) is 4.72 Å². The summed E-state index contributed by atoms with van der Waals surface area (Å²) in [6.45, 7) is 2.20. The second-order valence-corrected chi connectivity index (χ2v) is 8.39. The van der Waals surface area contributed by atoms with Gasteiger partial charge in [-0.15, -0.1) is 0 Å². The molecule has 10 heteroatoms. The third-order valence-electron chi connectivity index (χ3n) is 4.27. The Morgan fingerprint density at radius 2 is 1.88 bits per heavy atom. The molecule has 0 aromatic rings. The minimum absolute atomic E-state index is 0.0490. The van der Waals surface area contributed by atoms with Gasteiger partial charge in [-0.3, -0.25) is 19.1 Å². The van der Waals surface area contributed by atoms with Crippen molar-refractivity contribution in [2.75, 3.05) is 19.4 Å². The van der Waals surface area contributed by atoms with Gasteiger partial charge in [0.25, 0.3) is 0 Å². The molecule has 3 N–H and O–H groups in total. The smallest absolute Gasteiger partial charge is 0.245 e. The largest absolute Gasteiger partial charge is 0.376 e. The van der Waals surface area contributed by atoms with Crippen molar-refractivity contribution in [1.29, 1.82) is 0 Å². The molecule has 26 heavy (non-hydrogen) atoms. The van der Waals surface area contributed by atoms with Crippen molar-refractivity contribution in [1.82, 2.24) is 15.4 Å². The highest BCUT2D eigenvalue weighted by atomic mass is 32.2. The molecule has 0 aromatic heterocycles. The summed E-state index contributed by atoms with van der Waals surface area (Å²) < 4.78 is 29.5. The first kappa shape index (κ1) is 22.4. The first-order valence-corrected chi connectivity index (χ1v) is 10.7. The molecule has 0 spiro atoms. The highest BCUT2D eigenvalue weighted by molar-refractivity contribution is 7.89. The molecular weight excluding hydrogens is 362 g/mol. The molecule has 0 aromatic carbocycles. The van der Waals surface area contributed by atoms with Crippen LogP contribution >= 0.6 is 0 Å². The van der Waals surface area contributed by atoms with E-state index >= 15 is 0 Å². The second-order valence-electron chi connectivity index (χ2n) is 6.64. The zero-order chi connectivity index (χ0) is 19.6. The van der Waals surface area contributed by atoms with Crippen LogP contribution in [-0.4, -0.2) is 58.2 Å². The Hall–Kier alpha value is -1.68. The highest BCUT2D eigenvalue weighted by Gasteiger charge is 2.26. The third-order valence-corrected chi connectivity index (χ3v) is 4.87. The second kappa shape index (κ2) is 11.1. The maximum absolute atomic E-state index is 12.2. The molecule has 0 bridgehead atoms. The van der Waals surface area contributed by atoms with Gasteiger partial charge in [-0.05, 0) is 25.7 Å². The quantitative estimate of drug-likeness (QED) is 0.413. The lowest BCUT2D eigenvalue weighted by Gasteiger charge is -2.27. The van der Waals surface area contributed by atoms with Crippen molar-refractivity contribution in [2.24, 2.45) is 5.92 Å². The molecule has 0 aliphatic heterocycles. The molecular formula is C16H29N3O6S. The lowest BCUT2D eigenvalue weighted by molar-refractivity contribution is -0.130. The summed E-state index contributed by atoms with van der Waals surface area (Å²) in [6.07, 6.45) is 6.44. The Balaban J connectivity index is 2.41. The van der Waals surface area contributed by atoms with E-state index in [9.17, 15) is 22.8 Å². The third kappa shape index (κ3) is 9.14. The summed E-state index contributed by atoms with van der Waals surface area (Å²) in [6, 6.07) is -0.881. The van der Waals surface area contributed by atoms with Crippen molar-refractivity contribution in [3.8, 4) is 0 Å². The maximum atomic E-state index is 12.2. The first-order valence-electron chi connectivity index (χ1n) is 8.82. The van der Waals surface area contributed by atoms with E-state index in [-0.39, 0.29) is 13.0 Å². The minimum Gasteiger partial charge on any atom is -0.376 e. The van der Waals surface area contributed by atoms with Gasteiger partial charge in [0.05, 0.1) is 12.4 Å². The van der Waals surface area contributed by atoms with Gasteiger partial charge in [0, 0.05) is 19.6 Å². The zero-order valence-electron chi connectivity index (χ0n) is 15.3. The Morgan fingerprint density at radius 3 is 2.46 bits per heavy atom. The molecule has 9 nitrogen and oxygen atoms in total. The lowest BCUT2D eigenvalue weighted by Crippen LogP contribution is -2.51. The first-order chi connectivity index (χ1) is 12.2. The summed E-state index contributed by atoms with van der Waals surface area (Å²) in [4.78, 5) is 34.4. The number of nitrogens with one attached hydrogen (secondary N) is 3. The normalized spacial score (nSPS) is 17.8. The van der Waals surface area contributed by atoms with Crippen molar-refractivity contribution in [2.45, 2.75) is 57.6 Å². The Kier molecular flexibility index (Phi) is 9.57. The van der Waals surface area contributed by atoms with Gasteiger partial charge < -0.3 is 15.4 Å². The van der Waals surface area contributed by atoms with Crippen molar-refractivity contribution in [3.63, 3.8) is 0 Å². The molecule has 1 saturated carbocycles. The standard InChI is InChI=1S/C16H29N3O6S/c1-12(25-10-13-6-4-3-5-7-13)15(18-11-20)16(22)17-9-8-14(21)19-26(2,23)24/h11-13,15H,3-10H2,1-2H3,(H,17,22)(H,18,20)(H,19,21). The van der Waals surface area contributed by atoms with E-state index in [1.165, 1.54) is 19.3 Å². The average Bonchev–Trinajstić information content (AvgIpc) is 2.56. The summed E-state index contributed by atoms with van der Waals surface area (Å²) in [7, 11) is -3.62. The van der Waals surface area contributed by atoms with Gasteiger partial charge in [-0.2, -0.15) is 0 Å². The molecule has 1 rings (SSSR count).